The maximum absolute atomic E-state index is 12.3. The predicted molar refractivity (Wildman–Crippen MR) is 142 cm³/mol. The number of ether oxygens (including phenoxy) is 2. The fourth-order valence-electron chi connectivity index (χ4n) is 4.77. The highest BCUT2D eigenvalue weighted by Gasteiger charge is 2.19. The van der Waals surface area contributed by atoms with Gasteiger partial charge in [-0.1, -0.05) is 42.5 Å². The summed E-state index contributed by atoms with van der Waals surface area (Å²) in [6.45, 7) is 5.67. The van der Waals surface area contributed by atoms with Crippen LogP contribution in [0.5, 0.6) is 11.5 Å². The van der Waals surface area contributed by atoms with Gasteiger partial charge in [0, 0.05) is 50.2 Å². The Labute approximate surface area is 205 Å². The van der Waals surface area contributed by atoms with Crippen molar-refractivity contribution in [2.75, 3.05) is 51.3 Å². The average Bonchev–Trinajstić information content (AvgIpc) is 2.91. The van der Waals surface area contributed by atoms with Crippen molar-refractivity contribution < 1.29 is 9.47 Å². The maximum Gasteiger partial charge on any atom is 0.249 e. The van der Waals surface area contributed by atoms with Gasteiger partial charge in [-0.05, 0) is 41.8 Å². The van der Waals surface area contributed by atoms with Crippen molar-refractivity contribution in [1.29, 1.82) is 0 Å². The van der Waals surface area contributed by atoms with Crippen LogP contribution >= 0.6 is 0 Å². The molecule has 1 aromatic heterocycles. The maximum atomic E-state index is 12.3. The molecule has 0 spiro atoms. The highest BCUT2D eigenvalue weighted by molar-refractivity contribution is 5.94. The molecule has 0 saturated carbocycles. The first-order valence-electron chi connectivity index (χ1n) is 12.2. The molecule has 0 radical (unpaired) electrons. The highest BCUT2D eigenvalue weighted by Crippen LogP contribution is 2.29. The quantitative estimate of drug-likeness (QED) is 0.376. The predicted octanol–water partition coefficient (Wildman–Crippen LogP) is 4.79. The number of pyridine rings is 1. The Morgan fingerprint density at radius 2 is 1.66 bits per heavy atom. The molecule has 1 N–H and O–H groups in total. The van der Waals surface area contributed by atoms with E-state index in [0.717, 1.165) is 72.7 Å². The van der Waals surface area contributed by atoms with Crippen LogP contribution in [0.4, 0.5) is 5.69 Å². The number of rotatable bonds is 8. The standard InChI is InChI=1S/C29H31N3O3/c1-34-28-11-6-5-10-27(28)32-17-15-31(16-18-32)14-7-19-35-23-12-13-24-25(22-8-3-2-4-9-22)21-29(33)30-26(24)20-23/h2-6,8-13,20-21H,7,14-19H2,1H3,(H,30,33). The summed E-state index contributed by atoms with van der Waals surface area (Å²) in [7, 11) is 1.73. The molecule has 0 bridgehead atoms. The largest absolute Gasteiger partial charge is 0.495 e. The van der Waals surface area contributed by atoms with Gasteiger partial charge in [-0.25, -0.2) is 0 Å². The number of hydrogen-bond donors (Lipinski definition) is 1. The molecule has 0 amide bonds. The minimum atomic E-state index is -0.110. The molecule has 3 aromatic carbocycles. The molecule has 1 aliphatic rings. The second-order valence-electron chi connectivity index (χ2n) is 8.82. The van der Waals surface area contributed by atoms with Gasteiger partial charge in [0.1, 0.15) is 11.5 Å². The number of nitrogens with one attached hydrogen (secondary N) is 1. The van der Waals surface area contributed by atoms with Crippen LogP contribution in [0.3, 0.4) is 0 Å². The smallest absolute Gasteiger partial charge is 0.249 e. The molecule has 180 valence electrons. The Kier molecular flexibility index (Phi) is 7.00. The first kappa shape index (κ1) is 23.0. The number of benzene rings is 3. The molecule has 1 saturated heterocycles. The molecule has 1 fully saturated rings. The van der Waals surface area contributed by atoms with Crippen LogP contribution in [-0.2, 0) is 0 Å². The number of anilines is 1. The first-order valence-corrected chi connectivity index (χ1v) is 12.2. The second-order valence-corrected chi connectivity index (χ2v) is 8.82. The second kappa shape index (κ2) is 10.7. The number of piperazine rings is 1. The van der Waals surface area contributed by atoms with Crippen LogP contribution in [0, 0.1) is 0 Å². The number of hydrogen-bond acceptors (Lipinski definition) is 5. The zero-order valence-corrected chi connectivity index (χ0v) is 20.1. The summed E-state index contributed by atoms with van der Waals surface area (Å²) in [6, 6.07) is 25.8. The van der Waals surface area contributed by atoms with Gasteiger partial charge in [-0.15, -0.1) is 0 Å². The summed E-state index contributed by atoms with van der Waals surface area (Å²) < 4.78 is 11.6. The topological polar surface area (TPSA) is 57.8 Å². The Morgan fingerprint density at radius 3 is 2.46 bits per heavy atom. The number of methoxy groups -OCH3 is 1. The Hall–Kier alpha value is -3.77. The van der Waals surface area contributed by atoms with E-state index >= 15 is 0 Å². The van der Waals surface area contributed by atoms with Gasteiger partial charge in [-0.3, -0.25) is 9.69 Å². The van der Waals surface area contributed by atoms with Gasteiger partial charge in [-0.2, -0.15) is 0 Å². The number of fused-ring (bicyclic) bond motifs is 1. The van der Waals surface area contributed by atoms with E-state index in [-0.39, 0.29) is 5.56 Å². The van der Waals surface area contributed by atoms with Crippen LogP contribution in [0.15, 0.2) is 83.7 Å². The zero-order chi connectivity index (χ0) is 24.0. The van der Waals surface area contributed by atoms with Gasteiger partial charge in [0.25, 0.3) is 0 Å². The molecule has 4 aromatic rings. The van der Waals surface area contributed by atoms with E-state index in [1.165, 1.54) is 5.69 Å². The molecule has 35 heavy (non-hydrogen) atoms. The highest BCUT2D eigenvalue weighted by atomic mass is 16.5. The lowest BCUT2D eigenvalue weighted by molar-refractivity contribution is 0.224. The number of para-hydroxylation sites is 2. The summed E-state index contributed by atoms with van der Waals surface area (Å²) in [4.78, 5) is 20.1. The van der Waals surface area contributed by atoms with Crippen molar-refractivity contribution in [3.63, 3.8) is 0 Å². The SMILES string of the molecule is COc1ccccc1N1CCN(CCCOc2ccc3c(-c4ccccc4)cc(=O)[nH]c3c2)CC1. The number of aromatic amines is 1. The summed E-state index contributed by atoms with van der Waals surface area (Å²) in [6.07, 6.45) is 0.952. The van der Waals surface area contributed by atoms with E-state index < -0.39 is 0 Å². The molecule has 0 aliphatic carbocycles. The van der Waals surface area contributed by atoms with E-state index in [0.29, 0.717) is 6.61 Å². The van der Waals surface area contributed by atoms with Crippen molar-refractivity contribution in [1.82, 2.24) is 9.88 Å². The van der Waals surface area contributed by atoms with E-state index in [9.17, 15) is 4.79 Å². The van der Waals surface area contributed by atoms with Crippen LogP contribution in [0.2, 0.25) is 0 Å². The average molecular weight is 470 g/mol. The fourth-order valence-corrected chi connectivity index (χ4v) is 4.77. The van der Waals surface area contributed by atoms with E-state index in [2.05, 4.69) is 26.9 Å². The summed E-state index contributed by atoms with van der Waals surface area (Å²) in [5.74, 6) is 1.71. The van der Waals surface area contributed by atoms with Gasteiger partial charge in [0.05, 0.1) is 24.9 Å². The van der Waals surface area contributed by atoms with E-state index in [1.54, 1.807) is 13.2 Å². The first-order chi connectivity index (χ1) is 17.2. The van der Waals surface area contributed by atoms with Gasteiger partial charge < -0.3 is 19.4 Å². The summed E-state index contributed by atoms with van der Waals surface area (Å²) >= 11 is 0. The minimum absolute atomic E-state index is 0.110. The minimum Gasteiger partial charge on any atom is -0.495 e. The van der Waals surface area contributed by atoms with Gasteiger partial charge >= 0.3 is 0 Å². The third kappa shape index (κ3) is 5.33. The zero-order valence-electron chi connectivity index (χ0n) is 20.1. The number of nitrogens with zero attached hydrogens (tertiary/aromatic N) is 2. The van der Waals surface area contributed by atoms with Crippen LogP contribution in [0.25, 0.3) is 22.0 Å². The molecule has 0 atom stereocenters. The van der Waals surface area contributed by atoms with Crippen LogP contribution < -0.4 is 19.9 Å². The normalized spacial score (nSPS) is 14.3. The molecule has 5 rings (SSSR count). The molecule has 6 heteroatoms. The van der Waals surface area contributed by atoms with Crippen molar-refractivity contribution in [3.8, 4) is 22.6 Å². The number of aromatic nitrogens is 1. The van der Waals surface area contributed by atoms with Crippen molar-refractivity contribution in [2.24, 2.45) is 0 Å². The van der Waals surface area contributed by atoms with E-state index in [4.69, 9.17) is 9.47 Å². The van der Waals surface area contributed by atoms with Crippen LogP contribution in [-0.4, -0.2) is 56.3 Å². The Morgan fingerprint density at radius 1 is 0.886 bits per heavy atom. The molecule has 1 aliphatic heterocycles. The Bertz CT molecular complexity index is 1330. The molecular formula is C29H31N3O3. The number of H-pyrrole nitrogens is 1. The molecule has 6 nitrogen and oxygen atoms in total. The van der Waals surface area contributed by atoms with Crippen molar-refractivity contribution in [2.45, 2.75) is 6.42 Å². The van der Waals surface area contributed by atoms with Crippen molar-refractivity contribution >= 4 is 16.6 Å². The van der Waals surface area contributed by atoms with E-state index in [1.807, 2.05) is 60.7 Å². The molecule has 2 heterocycles. The van der Waals surface area contributed by atoms with Crippen molar-refractivity contribution in [3.05, 3.63) is 89.2 Å². The van der Waals surface area contributed by atoms with Crippen LogP contribution in [0.1, 0.15) is 6.42 Å². The third-order valence-electron chi connectivity index (χ3n) is 6.58. The summed E-state index contributed by atoms with van der Waals surface area (Å²) in [5, 5.41) is 1.01. The third-order valence-corrected chi connectivity index (χ3v) is 6.58. The van der Waals surface area contributed by atoms with Gasteiger partial charge in [0.15, 0.2) is 0 Å². The van der Waals surface area contributed by atoms with Gasteiger partial charge in [0.2, 0.25) is 5.56 Å². The monoisotopic (exact) mass is 469 g/mol. The lowest BCUT2D eigenvalue weighted by Crippen LogP contribution is -2.46. The lowest BCUT2D eigenvalue weighted by atomic mass is 10.0. The molecule has 0 unspecified atom stereocenters. The lowest BCUT2D eigenvalue weighted by Gasteiger charge is -2.36. The fraction of sp³-hybridized carbons (Fsp3) is 0.276. The Balaban J connectivity index is 1.14. The summed E-state index contributed by atoms with van der Waals surface area (Å²) in [5.41, 5.74) is 3.82. The molecular weight excluding hydrogens is 438 g/mol.